The third-order valence-electron chi connectivity index (χ3n) is 2.59. The molecule has 1 atom stereocenters. The van der Waals surface area contributed by atoms with Crippen LogP contribution in [0.4, 0.5) is 0 Å². The molecule has 1 heterocycles. The zero-order valence-electron chi connectivity index (χ0n) is 7.05. The van der Waals surface area contributed by atoms with Crippen LogP contribution in [-0.2, 0) is 0 Å². The fourth-order valence-corrected chi connectivity index (χ4v) is 1.63. The predicted molar refractivity (Wildman–Crippen MR) is 45.6 cm³/mol. The largest absolute Gasteiger partial charge is 0.315 e. The predicted octanol–water partition coefficient (Wildman–Crippen LogP) is 0.753. The Kier molecular flexibility index (Phi) is 2.44. The van der Waals surface area contributed by atoms with Gasteiger partial charge >= 0.3 is 0 Å². The van der Waals surface area contributed by atoms with Crippen LogP contribution >= 0.6 is 0 Å². The first-order valence-electron chi connectivity index (χ1n) is 4.82. The lowest BCUT2D eigenvalue weighted by Gasteiger charge is -2.08. The summed E-state index contributed by atoms with van der Waals surface area (Å²) in [6.07, 6.45) is 5.54. The molecule has 2 rings (SSSR count). The lowest BCUT2D eigenvalue weighted by molar-refractivity contribution is 0.518. The van der Waals surface area contributed by atoms with E-state index in [9.17, 15) is 0 Å². The first kappa shape index (κ1) is 7.56. The van der Waals surface area contributed by atoms with Crippen molar-refractivity contribution in [3.63, 3.8) is 0 Å². The van der Waals surface area contributed by atoms with E-state index in [1.807, 2.05) is 0 Å². The van der Waals surface area contributed by atoms with E-state index in [1.165, 1.54) is 32.2 Å². The second-order valence-corrected chi connectivity index (χ2v) is 3.80. The van der Waals surface area contributed by atoms with Crippen LogP contribution in [0.15, 0.2) is 0 Å². The SMILES string of the molecule is C1C[N][C@@H](CNCC2CC2)C1. The lowest BCUT2D eigenvalue weighted by Crippen LogP contribution is -2.31. The molecule has 1 saturated carbocycles. The Labute approximate surface area is 68.7 Å². The van der Waals surface area contributed by atoms with Crippen molar-refractivity contribution < 1.29 is 0 Å². The van der Waals surface area contributed by atoms with Crippen LogP contribution < -0.4 is 10.6 Å². The first-order valence-corrected chi connectivity index (χ1v) is 4.82. The highest BCUT2D eigenvalue weighted by Gasteiger charge is 2.21. The maximum absolute atomic E-state index is 4.49. The molecular formula is C9H17N2. The summed E-state index contributed by atoms with van der Waals surface area (Å²) in [5, 5.41) is 7.99. The van der Waals surface area contributed by atoms with Gasteiger partial charge in [0.05, 0.1) is 0 Å². The zero-order chi connectivity index (χ0) is 7.52. The van der Waals surface area contributed by atoms with Crippen LogP contribution in [0.1, 0.15) is 25.7 Å². The molecule has 1 radical (unpaired) electrons. The minimum Gasteiger partial charge on any atom is -0.315 e. The molecule has 0 bridgehead atoms. The van der Waals surface area contributed by atoms with E-state index in [-0.39, 0.29) is 0 Å². The van der Waals surface area contributed by atoms with Gasteiger partial charge in [0.2, 0.25) is 0 Å². The molecule has 0 unspecified atom stereocenters. The van der Waals surface area contributed by atoms with Gasteiger partial charge in [-0.25, -0.2) is 5.32 Å². The Hall–Kier alpha value is -0.0800. The first-order chi connectivity index (χ1) is 5.45. The molecule has 1 aliphatic carbocycles. The number of hydrogen-bond acceptors (Lipinski definition) is 1. The zero-order valence-corrected chi connectivity index (χ0v) is 7.05. The second kappa shape index (κ2) is 3.55. The fourth-order valence-electron chi connectivity index (χ4n) is 1.63. The summed E-state index contributed by atoms with van der Waals surface area (Å²) in [7, 11) is 0. The van der Waals surface area contributed by atoms with Gasteiger partial charge in [0, 0.05) is 19.1 Å². The van der Waals surface area contributed by atoms with Gasteiger partial charge in [0.1, 0.15) is 0 Å². The summed E-state index contributed by atoms with van der Waals surface area (Å²) < 4.78 is 0. The van der Waals surface area contributed by atoms with E-state index in [0.717, 1.165) is 19.0 Å². The van der Waals surface area contributed by atoms with E-state index in [2.05, 4.69) is 10.6 Å². The molecule has 1 saturated heterocycles. The van der Waals surface area contributed by atoms with Crippen molar-refractivity contribution in [2.45, 2.75) is 31.7 Å². The topological polar surface area (TPSA) is 26.1 Å². The highest BCUT2D eigenvalue weighted by molar-refractivity contribution is 4.79. The van der Waals surface area contributed by atoms with Crippen molar-refractivity contribution in [1.29, 1.82) is 0 Å². The minimum absolute atomic E-state index is 0.647. The van der Waals surface area contributed by atoms with Gasteiger partial charge in [-0.05, 0) is 38.1 Å². The highest BCUT2D eigenvalue weighted by Crippen LogP contribution is 2.27. The minimum atomic E-state index is 0.647. The van der Waals surface area contributed by atoms with Gasteiger partial charge < -0.3 is 5.32 Å². The molecule has 0 aromatic rings. The Balaban J connectivity index is 1.51. The quantitative estimate of drug-likeness (QED) is 0.634. The van der Waals surface area contributed by atoms with Gasteiger partial charge in [-0.3, -0.25) is 0 Å². The molecule has 1 aliphatic heterocycles. The number of nitrogens with zero attached hydrogens (tertiary/aromatic N) is 1. The van der Waals surface area contributed by atoms with Gasteiger partial charge in [-0.2, -0.15) is 0 Å². The van der Waals surface area contributed by atoms with Crippen molar-refractivity contribution in [3.8, 4) is 0 Å². The summed E-state index contributed by atoms with van der Waals surface area (Å²) in [5.41, 5.74) is 0. The van der Waals surface area contributed by atoms with Crippen molar-refractivity contribution >= 4 is 0 Å². The monoisotopic (exact) mass is 153 g/mol. The van der Waals surface area contributed by atoms with Gasteiger partial charge in [-0.1, -0.05) is 0 Å². The summed E-state index contributed by atoms with van der Waals surface area (Å²) >= 11 is 0. The highest BCUT2D eigenvalue weighted by atomic mass is 15.0. The normalized spacial score (nSPS) is 31.1. The smallest absolute Gasteiger partial charge is 0.0371 e. The van der Waals surface area contributed by atoms with Crippen molar-refractivity contribution in [2.75, 3.05) is 19.6 Å². The second-order valence-electron chi connectivity index (χ2n) is 3.80. The molecule has 2 aliphatic rings. The third kappa shape index (κ3) is 2.46. The summed E-state index contributed by atoms with van der Waals surface area (Å²) in [4.78, 5) is 0. The molecule has 0 aromatic carbocycles. The number of hydrogen-bond donors (Lipinski definition) is 1. The molecular weight excluding hydrogens is 136 g/mol. The Morgan fingerprint density at radius 2 is 2.09 bits per heavy atom. The maximum Gasteiger partial charge on any atom is 0.0371 e. The van der Waals surface area contributed by atoms with Crippen LogP contribution in [0.25, 0.3) is 0 Å². The summed E-state index contributed by atoms with van der Waals surface area (Å²) in [6, 6.07) is 0.647. The van der Waals surface area contributed by atoms with Crippen LogP contribution in [0.2, 0.25) is 0 Å². The summed E-state index contributed by atoms with van der Waals surface area (Å²) in [6.45, 7) is 3.48. The molecule has 11 heavy (non-hydrogen) atoms. The van der Waals surface area contributed by atoms with Crippen molar-refractivity contribution in [3.05, 3.63) is 0 Å². The van der Waals surface area contributed by atoms with Crippen LogP contribution in [0.5, 0.6) is 0 Å². The lowest BCUT2D eigenvalue weighted by atomic mass is 10.2. The average Bonchev–Trinajstić information content (AvgIpc) is 2.66. The van der Waals surface area contributed by atoms with Crippen LogP contribution in [-0.4, -0.2) is 25.7 Å². The molecule has 2 heteroatoms. The molecule has 63 valence electrons. The van der Waals surface area contributed by atoms with Gasteiger partial charge in [0.15, 0.2) is 0 Å². The Morgan fingerprint density at radius 1 is 1.18 bits per heavy atom. The van der Waals surface area contributed by atoms with Gasteiger partial charge in [0.25, 0.3) is 0 Å². The third-order valence-corrected chi connectivity index (χ3v) is 2.59. The van der Waals surface area contributed by atoms with Gasteiger partial charge in [-0.15, -0.1) is 0 Å². The summed E-state index contributed by atoms with van der Waals surface area (Å²) in [5.74, 6) is 1.01. The fraction of sp³-hybridized carbons (Fsp3) is 1.00. The van der Waals surface area contributed by atoms with E-state index < -0.39 is 0 Å². The molecule has 2 fully saturated rings. The average molecular weight is 153 g/mol. The van der Waals surface area contributed by atoms with E-state index >= 15 is 0 Å². The van der Waals surface area contributed by atoms with Crippen LogP contribution in [0.3, 0.4) is 0 Å². The van der Waals surface area contributed by atoms with E-state index in [1.54, 1.807) is 0 Å². The number of nitrogens with one attached hydrogen (secondary N) is 1. The molecule has 0 aromatic heterocycles. The van der Waals surface area contributed by atoms with Crippen molar-refractivity contribution in [2.24, 2.45) is 5.92 Å². The van der Waals surface area contributed by atoms with E-state index in [0.29, 0.717) is 6.04 Å². The van der Waals surface area contributed by atoms with E-state index in [4.69, 9.17) is 0 Å². The molecule has 2 nitrogen and oxygen atoms in total. The molecule has 0 amide bonds. The molecule has 0 spiro atoms. The number of rotatable bonds is 4. The Morgan fingerprint density at radius 3 is 2.73 bits per heavy atom. The Bertz CT molecular complexity index is 115. The standard InChI is InChI=1S/C9H17N2/c1-2-9(11-5-1)7-10-6-8-3-4-8/h8-10H,1-7H2/t9-/m1/s1. The van der Waals surface area contributed by atoms with Crippen LogP contribution in [0, 0.1) is 5.92 Å². The van der Waals surface area contributed by atoms with Crippen molar-refractivity contribution in [1.82, 2.24) is 10.6 Å². The maximum atomic E-state index is 4.49. The molecule has 1 N–H and O–H groups in total.